The smallest absolute Gasteiger partial charge is 0.330 e. The van der Waals surface area contributed by atoms with E-state index in [1.807, 2.05) is 17.1 Å². The summed E-state index contributed by atoms with van der Waals surface area (Å²) in [6.07, 6.45) is -5.94. The molecule has 0 saturated carbocycles. The first-order valence-corrected chi connectivity index (χ1v) is 21.6. The van der Waals surface area contributed by atoms with Crippen molar-refractivity contribution in [2.45, 2.75) is 151 Å². The van der Waals surface area contributed by atoms with Gasteiger partial charge in [-0.2, -0.15) is 0 Å². The van der Waals surface area contributed by atoms with Crippen LogP contribution in [0.5, 0.6) is 0 Å². The van der Waals surface area contributed by atoms with E-state index < -0.39 is 139 Å². The highest BCUT2D eigenvalue weighted by Crippen LogP contribution is 2.36. The Labute approximate surface area is 374 Å². The highest BCUT2D eigenvalue weighted by atomic mass is 16.7. The lowest BCUT2D eigenvalue weighted by atomic mass is 9.97. The highest BCUT2D eigenvalue weighted by Gasteiger charge is 2.57. The van der Waals surface area contributed by atoms with Crippen molar-refractivity contribution in [3.8, 4) is 0 Å². The maximum atomic E-state index is 14.5. The van der Waals surface area contributed by atoms with Gasteiger partial charge in [0, 0.05) is 51.7 Å². The van der Waals surface area contributed by atoms with Gasteiger partial charge >= 0.3 is 29.6 Å². The van der Waals surface area contributed by atoms with Gasteiger partial charge in [-0.05, 0) is 32.2 Å². The van der Waals surface area contributed by atoms with E-state index in [-0.39, 0.29) is 25.8 Å². The molecule has 364 valence electrons. The summed E-state index contributed by atoms with van der Waals surface area (Å²) >= 11 is 0. The number of carboxylic acid groups (broad SMARTS) is 2. The number of likely N-dealkylation sites (N-methyl/N-ethyl adjacent to an activating group) is 2. The number of carbonyl (C=O) groups excluding carboxylic acids is 3. The molecule has 23 heteroatoms. The minimum Gasteiger partial charge on any atom is -0.481 e. The topological polar surface area (TPSA) is 340 Å². The number of nitrogens with two attached hydrogens (primary N) is 1. The molecule has 4 heterocycles. The molecule has 1 amide bonds. The number of aliphatic carboxylic acids is 2. The minimum absolute atomic E-state index is 0.0424. The molecule has 0 spiro atoms. The Morgan fingerprint density at radius 1 is 0.923 bits per heavy atom. The Morgan fingerprint density at radius 2 is 1.63 bits per heavy atom. The van der Waals surface area contributed by atoms with Crippen LogP contribution in [0.4, 0.5) is 0 Å². The number of esters is 2. The lowest BCUT2D eigenvalue weighted by Gasteiger charge is -2.38. The first-order chi connectivity index (χ1) is 30.8. The number of H-pyrrole nitrogens is 1. The Balaban J connectivity index is 1.62. The number of amides is 1. The van der Waals surface area contributed by atoms with Gasteiger partial charge in [0.25, 0.3) is 5.56 Å². The maximum Gasteiger partial charge on any atom is 0.330 e. The summed E-state index contributed by atoms with van der Waals surface area (Å²) in [6.45, 7) is 2.87. The number of aromatic nitrogens is 2. The van der Waals surface area contributed by atoms with Crippen molar-refractivity contribution in [3.63, 3.8) is 0 Å². The number of hydrogen-bond donors (Lipinski definition) is 8. The molecule has 1 aromatic rings. The summed E-state index contributed by atoms with van der Waals surface area (Å²) in [6, 6.07) is -2.60. The number of hydrogen-bond acceptors (Lipinski definition) is 18. The number of aliphatic hydroxyl groups excluding tert-OH is 4. The SMILES string of the molecule is CCCCC/C=C\C/C=C\C[C@@H](CC(=O)O[C@H]1CN(C)[C@H]([C@H](O[C@@H]2O[C@H](CN)[C@@H](O)[C@H]2O)[C@H]2O[C@@H](n3ccc(=O)[nH]c3=O)[C@H](O)[C@@H]2O)C(=O)N(C)[C@@H]1C(=O)O)OC(=O)C[C@H](C)CC(=O)O. The van der Waals surface area contributed by atoms with E-state index in [0.29, 0.717) is 6.42 Å². The third-order valence-electron chi connectivity index (χ3n) is 11.4. The number of nitrogens with zero attached hydrogens (tertiary/aromatic N) is 3. The molecule has 0 aromatic carbocycles. The molecular weight excluding hydrogens is 862 g/mol. The number of allylic oxidation sites excluding steroid dienone is 3. The number of aliphatic hydroxyl groups is 4. The normalized spacial score (nSPS) is 30.1. The van der Waals surface area contributed by atoms with Crippen molar-refractivity contribution in [2.75, 3.05) is 27.2 Å². The second-order valence-electron chi connectivity index (χ2n) is 16.6. The van der Waals surface area contributed by atoms with Gasteiger partial charge in [-0.25, -0.2) is 9.59 Å². The van der Waals surface area contributed by atoms with Crippen LogP contribution < -0.4 is 17.0 Å². The van der Waals surface area contributed by atoms with Crippen LogP contribution in [0.1, 0.15) is 77.9 Å². The number of nitrogens with one attached hydrogen (secondary N) is 1. The first-order valence-electron chi connectivity index (χ1n) is 21.6. The largest absolute Gasteiger partial charge is 0.481 e. The zero-order valence-electron chi connectivity index (χ0n) is 36.8. The number of ether oxygens (including phenoxy) is 5. The quantitative estimate of drug-likeness (QED) is 0.0347. The lowest BCUT2D eigenvalue weighted by molar-refractivity contribution is -0.233. The number of aromatic amines is 1. The highest BCUT2D eigenvalue weighted by molar-refractivity contribution is 5.88. The molecule has 3 aliphatic rings. The van der Waals surface area contributed by atoms with Crippen molar-refractivity contribution in [1.82, 2.24) is 19.4 Å². The average molecular weight is 926 g/mol. The van der Waals surface area contributed by atoms with Crippen molar-refractivity contribution in [1.29, 1.82) is 0 Å². The van der Waals surface area contributed by atoms with Gasteiger partial charge in [0.1, 0.15) is 61.0 Å². The van der Waals surface area contributed by atoms with Crippen LogP contribution in [0.15, 0.2) is 46.2 Å². The summed E-state index contributed by atoms with van der Waals surface area (Å²) in [5, 5.41) is 63.7. The minimum atomic E-state index is -1.96. The van der Waals surface area contributed by atoms with Crippen molar-refractivity contribution in [3.05, 3.63) is 57.4 Å². The maximum absolute atomic E-state index is 14.5. The summed E-state index contributed by atoms with van der Waals surface area (Å²) in [5.74, 6) is -6.08. The molecule has 3 saturated heterocycles. The number of unbranched alkanes of at least 4 members (excludes halogenated alkanes) is 3. The molecule has 0 bridgehead atoms. The third kappa shape index (κ3) is 14.1. The molecule has 4 rings (SSSR count). The van der Waals surface area contributed by atoms with Crippen LogP contribution in [0, 0.1) is 5.92 Å². The van der Waals surface area contributed by atoms with Crippen molar-refractivity contribution in [2.24, 2.45) is 11.7 Å². The van der Waals surface area contributed by atoms with Gasteiger partial charge in [-0.15, -0.1) is 0 Å². The zero-order valence-corrected chi connectivity index (χ0v) is 36.8. The van der Waals surface area contributed by atoms with Crippen LogP contribution in [-0.2, 0) is 47.7 Å². The molecule has 9 N–H and O–H groups in total. The van der Waals surface area contributed by atoms with Crippen molar-refractivity contribution < 1.29 is 78.3 Å². The van der Waals surface area contributed by atoms with E-state index in [2.05, 4.69) is 13.0 Å². The van der Waals surface area contributed by atoms with Gasteiger partial charge in [-0.3, -0.25) is 38.4 Å². The molecule has 3 aliphatic heterocycles. The molecule has 14 atom stereocenters. The predicted molar refractivity (Wildman–Crippen MR) is 225 cm³/mol. The second-order valence-corrected chi connectivity index (χ2v) is 16.6. The zero-order chi connectivity index (χ0) is 48.1. The van der Waals surface area contributed by atoms with Crippen LogP contribution in [0.25, 0.3) is 0 Å². The summed E-state index contributed by atoms with van der Waals surface area (Å²) < 4.78 is 29.8. The molecule has 0 aliphatic carbocycles. The van der Waals surface area contributed by atoms with Gasteiger partial charge < -0.3 is 65.0 Å². The van der Waals surface area contributed by atoms with Crippen LogP contribution in [0.3, 0.4) is 0 Å². The molecular formula is C42H63N5O18. The Kier molecular flexibility index (Phi) is 20.0. The fourth-order valence-corrected chi connectivity index (χ4v) is 8.04. The summed E-state index contributed by atoms with van der Waals surface area (Å²) in [4.78, 5) is 93.7. The van der Waals surface area contributed by atoms with Gasteiger partial charge in [0.2, 0.25) is 5.91 Å². The standard InChI is InChI=1S/C42H63N5O18/c1-5-6-7-8-9-10-11-12-13-14-23(61-28(51)18-22(2)17-27(49)50)19-29(52)62-25-21-45(3)31(38(57)46(4)30(25)40(58)59)36(65-41-35(56)32(53)24(20-43)63-41)37-33(54)34(55)39(64-37)47-16-15-26(48)44-42(47)60/h9-10,12-13,15-16,22-25,30-37,39,41,53-56H,5-8,11,14,17-21,43H2,1-4H3,(H,49,50)(H,58,59)(H,44,48,60)/b10-9-,13-12-/t22-,23+,24-,25+,30+,31-,32-,33+,34-,35-,36+,37+,39-,41+/m1/s1. The van der Waals surface area contributed by atoms with E-state index in [1.165, 1.54) is 11.9 Å². The van der Waals surface area contributed by atoms with E-state index in [0.717, 1.165) is 54.5 Å². The predicted octanol–water partition coefficient (Wildman–Crippen LogP) is -1.64. The third-order valence-corrected chi connectivity index (χ3v) is 11.4. The van der Waals surface area contributed by atoms with E-state index in [4.69, 9.17) is 34.5 Å². The monoisotopic (exact) mass is 925 g/mol. The van der Waals surface area contributed by atoms with Gasteiger partial charge in [-0.1, -0.05) is 51.0 Å². The van der Waals surface area contributed by atoms with E-state index in [1.54, 1.807) is 13.0 Å². The molecule has 1 aromatic heterocycles. The molecule has 65 heavy (non-hydrogen) atoms. The average Bonchev–Trinajstić information content (AvgIpc) is 3.64. The van der Waals surface area contributed by atoms with Crippen LogP contribution >= 0.6 is 0 Å². The number of rotatable bonds is 23. The first kappa shape index (κ1) is 52.8. The molecule has 0 radical (unpaired) electrons. The van der Waals surface area contributed by atoms with E-state index >= 15 is 0 Å². The fourth-order valence-electron chi connectivity index (χ4n) is 8.04. The molecule has 0 unspecified atom stereocenters. The molecule has 23 nitrogen and oxygen atoms in total. The van der Waals surface area contributed by atoms with Crippen LogP contribution in [-0.4, -0.2) is 180 Å². The van der Waals surface area contributed by atoms with Crippen molar-refractivity contribution >= 4 is 29.8 Å². The number of carboxylic acids is 2. The van der Waals surface area contributed by atoms with Crippen LogP contribution in [0.2, 0.25) is 0 Å². The van der Waals surface area contributed by atoms with Gasteiger partial charge in [0.05, 0.1) is 6.42 Å². The lowest BCUT2D eigenvalue weighted by Crippen LogP contribution is -2.59. The number of carbonyl (C=O) groups is 5. The fraction of sp³-hybridized carbons (Fsp3) is 0.690. The molecule has 3 fully saturated rings. The van der Waals surface area contributed by atoms with E-state index in [9.17, 15) is 59.1 Å². The second kappa shape index (κ2) is 24.6. The Bertz CT molecular complexity index is 1960. The summed E-state index contributed by atoms with van der Waals surface area (Å²) in [5.41, 5.74) is 3.89. The Hall–Kier alpha value is -4.85. The van der Waals surface area contributed by atoms with Gasteiger partial charge in [0.15, 0.2) is 18.6 Å². The Morgan fingerprint density at radius 3 is 2.26 bits per heavy atom. The summed E-state index contributed by atoms with van der Waals surface area (Å²) in [7, 11) is 2.44.